The van der Waals surface area contributed by atoms with Crippen molar-refractivity contribution in [3.63, 3.8) is 0 Å². The van der Waals surface area contributed by atoms with E-state index in [0.717, 1.165) is 0 Å². The minimum absolute atomic E-state index is 0.0236. The third kappa shape index (κ3) is 4.52. The van der Waals surface area contributed by atoms with Crippen LogP contribution in [-0.2, 0) is 4.74 Å². The quantitative estimate of drug-likeness (QED) is 0.772. The average Bonchev–Trinajstić information content (AvgIpc) is 3.16. The van der Waals surface area contributed by atoms with Gasteiger partial charge in [-0.25, -0.2) is 4.79 Å². The summed E-state index contributed by atoms with van der Waals surface area (Å²) in [6, 6.07) is 4.63. The molecule has 0 saturated carbocycles. The first-order valence-corrected chi connectivity index (χ1v) is 9.09. The highest BCUT2D eigenvalue weighted by Crippen LogP contribution is 2.33. The van der Waals surface area contributed by atoms with E-state index in [9.17, 15) is 9.32 Å². The van der Waals surface area contributed by atoms with Gasteiger partial charge in [-0.1, -0.05) is 5.16 Å². The van der Waals surface area contributed by atoms with Crippen molar-refractivity contribution in [1.82, 2.24) is 15.0 Å². The van der Waals surface area contributed by atoms with Gasteiger partial charge in [0.25, 0.3) is 0 Å². The van der Waals surface area contributed by atoms with Gasteiger partial charge >= 0.3 is 6.09 Å². The number of ether oxygens (including phenoxy) is 2. The molecule has 0 spiro atoms. The Morgan fingerprint density at radius 3 is 2.57 bits per heavy atom. The Kier molecular flexibility index (Phi) is 5.71. The van der Waals surface area contributed by atoms with Crippen molar-refractivity contribution in [3.8, 4) is 22.9 Å². The lowest BCUT2D eigenvalue weighted by atomic mass is 9.97. The van der Waals surface area contributed by atoms with Crippen molar-refractivity contribution in [2.45, 2.75) is 45.1 Å². The van der Waals surface area contributed by atoms with Gasteiger partial charge in [0.05, 0.1) is 7.11 Å². The number of methoxy groups -OCH3 is 1. The fraction of sp³-hybridized carbons (Fsp3) is 0.526. The number of carbonyl (C=O) groups is 1. The molecule has 28 heavy (non-hydrogen) atoms. The zero-order chi connectivity index (χ0) is 20.3. The number of hydrogen-bond donors (Lipinski definition) is 0. The molecule has 0 bridgehead atoms. The number of piperidine rings is 1. The standard InChI is InChI=1S/C19H24FN3O5/c1-19(2,3)26-18(24)23-9-7-12(8-10-23)17-21-16(22-28-17)13-5-6-14(27-20)15(11-13)25-4/h5-6,11-12H,7-10H2,1-4H3. The Labute approximate surface area is 162 Å². The number of nitrogens with zero attached hydrogens (tertiary/aromatic N) is 3. The first-order chi connectivity index (χ1) is 13.3. The molecule has 0 aliphatic carbocycles. The smallest absolute Gasteiger partial charge is 0.410 e. The molecule has 2 heterocycles. The first kappa shape index (κ1) is 19.9. The average molecular weight is 393 g/mol. The predicted octanol–water partition coefficient (Wildman–Crippen LogP) is 4.12. The lowest BCUT2D eigenvalue weighted by Crippen LogP contribution is -2.41. The summed E-state index contributed by atoms with van der Waals surface area (Å²) in [5.41, 5.74) is 0.109. The van der Waals surface area contributed by atoms with Gasteiger partial charge in [-0.15, -0.1) is 0 Å². The zero-order valence-electron chi connectivity index (χ0n) is 16.4. The number of rotatable bonds is 4. The third-order valence-electron chi connectivity index (χ3n) is 4.44. The topological polar surface area (TPSA) is 86.9 Å². The van der Waals surface area contributed by atoms with Crippen LogP contribution in [0.5, 0.6) is 11.5 Å². The molecule has 1 aliphatic heterocycles. The van der Waals surface area contributed by atoms with Crippen molar-refractivity contribution >= 4 is 6.09 Å². The maximum atomic E-state index is 12.5. The Hall–Kier alpha value is -2.84. The Morgan fingerprint density at radius 1 is 1.25 bits per heavy atom. The summed E-state index contributed by atoms with van der Waals surface area (Å²) < 4.78 is 28.4. The van der Waals surface area contributed by atoms with Gasteiger partial charge in [-0.2, -0.15) is 4.98 Å². The van der Waals surface area contributed by atoms with Crippen LogP contribution >= 0.6 is 0 Å². The van der Waals surface area contributed by atoms with E-state index in [0.29, 0.717) is 43.2 Å². The fourth-order valence-electron chi connectivity index (χ4n) is 3.02. The van der Waals surface area contributed by atoms with Gasteiger partial charge in [0.1, 0.15) is 5.60 Å². The first-order valence-electron chi connectivity index (χ1n) is 9.09. The molecule has 1 amide bonds. The van der Waals surface area contributed by atoms with Crippen LogP contribution in [0.25, 0.3) is 11.4 Å². The number of benzene rings is 1. The van der Waals surface area contributed by atoms with E-state index in [1.54, 1.807) is 17.0 Å². The third-order valence-corrected chi connectivity index (χ3v) is 4.44. The molecule has 3 rings (SSSR count). The van der Waals surface area contributed by atoms with Crippen LogP contribution in [0.15, 0.2) is 22.7 Å². The lowest BCUT2D eigenvalue weighted by Gasteiger charge is -2.32. The van der Waals surface area contributed by atoms with Crippen molar-refractivity contribution in [3.05, 3.63) is 24.1 Å². The monoisotopic (exact) mass is 393 g/mol. The number of halogens is 1. The highest BCUT2D eigenvalue weighted by Gasteiger charge is 2.30. The number of aromatic nitrogens is 2. The number of amides is 1. The fourth-order valence-corrected chi connectivity index (χ4v) is 3.02. The van der Waals surface area contributed by atoms with Crippen molar-refractivity contribution in [2.24, 2.45) is 0 Å². The summed E-state index contributed by atoms with van der Waals surface area (Å²) in [4.78, 5) is 22.1. The molecule has 9 heteroatoms. The van der Waals surface area contributed by atoms with Crippen LogP contribution in [0.4, 0.5) is 9.32 Å². The van der Waals surface area contributed by atoms with Crippen LogP contribution in [0.1, 0.15) is 45.4 Å². The molecule has 1 aromatic heterocycles. The second-order valence-corrected chi connectivity index (χ2v) is 7.64. The van der Waals surface area contributed by atoms with E-state index in [1.165, 1.54) is 13.2 Å². The van der Waals surface area contributed by atoms with Crippen LogP contribution in [-0.4, -0.2) is 46.9 Å². The molecule has 0 unspecified atom stereocenters. The zero-order valence-corrected chi connectivity index (χ0v) is 16.4. The second-order valence-electron chi connectivity index (χ2n) is 7.64. The molecule has 152 valence electrons. The molecule has 8 nitrogen and oxygen atoms in total. The minimum Gasteiger partial charge on any atom is -0.493 e. The van der Waals surface area contributed by atoms with Crippen molar-refractivity contribution in [1.29, 1.82) is 0 Å². The van der Waals surface area contributed by atoms with Gasteiger partial charge in [-0.05, 0) is 51.8 Å². The Bertz CT molecular complexity index is 825. The molecule has 0 N–H and O–H groups in total. The van der Waals surface area contributed by atoms with Gasteiger partial charge in [0, 0.05) is 29.1 Å². The van der Waals surface area contributed by atoms with Gasteiger partial charge in [-0.3, -0.25) is 4.94 Å². The maximum Gasteiger partial charge on any atom is 0.410 e. The van der Waals surface area contributed by atoms with Crippen LogP contribution in [0.3, 0.4) is 0 Å². The molecule has 2 aromatic rings. The summed E-state index contributed by atoms with van der Waals surface area (Å²) in [7, 11) is 1.42. The summed E-state index contributed by atoms with van der Waals surface area (Å²) in [5.74, 6) is 1.17. The SMILES string of the molecule is COc1cc(-c2noc(C3CCN(C(=O)OC(C)(C)C)CC3)n2)ccc1OF. The molecule has 1 saturated heterocycles. The number of hydrogen-bond acceptors (Lipinski definition) is 7. The largest absolute Gasteiger partial charge is 0.493 e. The van der Waals surface area contributed by atoms with E-state index in [4.69, 9.17) is 14.0 Å². The van der Waals surface area contributed by atoms with Crippen LogP contribution < -0.4 is 9.68 Å². The molecular formula is C19H24FN3O5. The normalized spacial score (nSPS) is 15.4. The van der Waals surface area contributed by atoms with Gasteiger partial charge in [0.2, 0.25) is 17.5 Å². The van der Waals surface area contributed by atoms with Gasteiger partial charge in [0.15, 0.2) is 5.75 Å². The summed E-state index contributed by atoms with van der Waals surface area (Å²) in [5, 5.41) is 4.01. The molecule has 0 radical (unpaired) electrons. The van der Waals surface area contributed by atoms with Crippen LogP contribution in [0, 0.1) is 0 Å². The summed E-state index contributed by atoms with van der Waals surface area (Å²) in [6.45, 7) is 6.66. The molecule has 0 atom stereocenters. The lowest BCUT2D eigenvalue weighted by molar-refractivity contribution is -0.00894. The van der Waals surface area contributed by atoms with E-state index < -0.39 is 5.60 Å². The Morgan fingerprint density at radius 2 is 1.96 bits per heavy atom. The van der Waals surface area contributed by atoms with E-state index in [2.05, 4.69) is 15.1 Å². The molecule has 1 fully saturated rings. The van der Waals surface area contributed by atoms with Crippen molar-refractivity contribution < 1.29 is 28.3 Å². The molecule has 1 aromatic carbocycles. The van der Waals surface area contributed by atoms with E-state index in [1.807, 2.05) is 20.8 Å². The maximum absolute atomic E-state index is 12.5. The van der Waals surface area contributed by atoms with Crippen LogP contribution in [0.2, 0.25) is 0 Å². The highest BCUT2D eigenvalue weighted by atomic mass is 19.3. The number of carbonyl (C=O) groups excluding carboxylic acids is 1. The predicted molar refractivity (Wildman–Crippen MR) is 97.8 cm³/mol. The summed E-state index contributed by atoms with van der Waals surface area (Å²) in [6.07, 6.45) is 1.11. The van der Waals surface area contributed by atoms with Crippen molar-refractivity contribution in [2.75, 3.05) is 20.2 Å². The summed E-state index contributed by atoms with van der Waals surface area (Å²) >= 11 is 0. The van der Waals surface area contributed by atoms with E-state index >= 15 is 0 Å². The highest BCUT2D eigenvalue weighted by molar-refractivity contribution is 5.68. The van der Waals surface area contributed by atoms with E-state index in [-0.39, 0.29) is 23.5 Å². The van der Waals surface area contributed by atoms with Gasteiger partial charge < -0.3 is 18.9 Å². The molecule has 1 aliphatic rings. The minimum atomic E-state index is -0.515. The number of likely N-dealkylation sites (tertiary alicyclic amines) is 1. The Balaban J connectivity index is 1.65. The second kappa shape index (κ2) is 8.04. The molecular weight excluding hydrogens is 369 g/mol.